The SMILES string of the molecule is CCCc1cccc(CCC)c1Nc1cccc2ccccc12. The van der Waals surface area contributed by atoms with Crippen molar-refractivity contribution in [1.29, 1.82) is 0 Å². The lowest BCUT2D eigenvalue weighted by Crippen LogP contribution is -2.01. The van der Waals surface area contributed by atoms with Crippen LogP contribution in [0, 0.1) is 0 Å². The van der Waals surface area contributed by atoms with E-state index in [0.29, 0.717) is 0 Å². The molecule has 0 saturated carbocycles. The van der Waals surface area contributed by atoms with Crippen LogP contribution < -0.4 is 5.32 Å². The van der Waals surface area contributed by atoms with E-state index in [0.717, 1.165) is 12.8 Å². The van der Waals surface area contributed by atoms with Crippen LogP contribution >= 0.6 is 0 Å². The Morgan fingerprint density at radius 3 is 2.00 bits per heavy atom. The Bertz CT molecular complexity index is 759. The molecule has 1 N–H and O–H groups in total. The Morgan fingerprint density at radius 2 is 1.30 bits per heavy atom. The molecule has 0 amide bonds. The van der Waals surface area contributed by atoms with E-state index in [1.807, 2.05) is 0 Å². The van der Waals surface area contributed by atoms with Crippen LogP contribution in [0.3, 0.4) is 0 Å². The number of fused-ring (bicyclic) bond motifs is 1. The minimum absolute atomic E-state index is 1.12. The summed E-state index contributed by atoms with van der Waals surface area (Å²) < 4.78 is 0. The maximum Gasteiger partial charge on any atom is 0.0464 e. The number of hydrogen-bond acceptors (Lipinski definition) is 1. The molecule has 1 nitrogen and oxygen atoms in total. The maximum absolute atomic E-state index is 3.75. The fourth-order valence-corrected chi connectivity index (χ4v) is 3.24. The van der Waals surface area contributed by atoms with Crippen molar-refractivity contribution in [3.8, 4) is 0 Å². The lowest BCUT2D eigenvalue weighted by molar-refractivity contribution is 0.899. The quantitative estimate of drug-likeness (QED) is 0.549. The summed E-state index contributed by atoms with van der Waals surface area (Å²) in [6.07, 6.45) is 4.56. The van der Waals surface area contributed by atoms with E-state index in [2.05, 4.69) is 79.8 Å². The van der Waals surface area contributed by atoms with Crippen molar-refractivity contribution < 1.29 is 0 Å². The van der Waals surface area contributed by atoms with Crippen LogP contribution in [0.1, 0.15) is 37.8 Å². The van der Waals surface area contributed by atoms with Crippen LogP contribution in [0.2, 0.25) is 0 Å². The molecule has 3 aromatic carbocycles. The van der Waals surface area contributed by atoms with E-state index in [1.54, 1.807) is 0 Å². The van der Waals surface area contributed by atoms with Gasteiger partial charge >= 0.3 is 0 Å². The monoisotopic (exact) mass is 303 g/mol. The van der Waals surface area contributed by atoms with Crippen LogP contribution in [0.5, 0.6) is 0 Å². The molecular weight excluding hydrogens is 278 g/mol. The topological polar surface area (TPSA) is 12.0 Å². The molecule has 0 aliphatic rings. The highest BCUT2D eigenvalue weighted by atomic mass is 14.9. The van der Waals surface area contributed by atoms with Gasteiger partial charge in [-0.1, -0.05) is 81.3 Å². The molecule has 23 heavy (non-hydrogen) atoms. The summed E-state index contributed by atoms with van der Waals surface area (Å²) in [6.45, 7) is 4.49. The molecule has 0 spiro atoms. The molecule has 0 aliphatic heterocycles. The van der Waals surface area contributed by atoms with Crippen molar-refractivity contribution >= 4 is 22.1 Å². The fourth-order valence-electron chi connectivity index (χ4n) is 3.24. The molecule has 1 heteroatoms. The van der Waals surface area contributed by atoms with Crippen molar-refractivity contribution in [2.24, 2.45) is 0 Å². The first kappa shape index (κ1) is 15.6. The Labute approximate surface area is 139 Å². The highest BCUT2D eigenvalue weighted by Gasteiger charge is 2.09. The van der Waals surface area contributed by atoms with Gasteiger partial charge in [0.2, 0.25) is 0 Å². The standard InChI is InChI=1S/C22H25N/c1-3-9-18-13-7-14-19(10-4-2)22(18)23-21-16-8-12-17-11-5-6-15-20(17)21/h5-8,11-16,23H,3-4,9-10H2,1-2H3. The minimum atomic E-state index is 1.12. The third kappa shape index (κ3) is 3.39. The van der Waals surface area contributed by atoms with E-state index < -0.39 is 0 Å². The Kier molecular flexibility index (Phi) is 4.97. The third-order valence-corrected chi connectivity index (χ3v) is 4.33. The van der Waals surface area contributed by atoms with Gasteiger partial charge in [0.05, 0.1) is 0 Å². The number of nitrogens with one attached hydrogen (secondary N) is 1. The number of para-hydroxylation sites is 1. The second-order valence-electron chi connectivity index (χ2n) is 6.10. The predicted octanol–water partition coefficient (Wildman–Crippen LogP) is 6.49. The van der Waals surface area contributed by atoms with E-state index in [4.69, 9.17) is 0 Å². The summed E-state index contributed by atoms with van der Waals surface area (Å²) in [4.78, 5) is 0. The zero-order valence-electron chi connectivity index (χ0n) is 14.1. The number of hydrogen-bond donors (Lipinski definition) is 1. The average Bonchev–Trinajstić information content (AvgIpc) is 2.58. The predicted molar refractivity (Wildman–Crippen MR) is 102 cm³/mol. The molecule has 0 bridgehead atoms. The van der Waals surface area contributed by atoms with Gasteiger partial charge in [-0.2, -0.15) is 0 Å². The average molecular weight is 303 g/mol. The van der Waals surface area contributed by atoms with Crippen LogP contribution in [0.4, 0.5) is 11.4 Å². The Balaban J connectivity index is 2.07. The lowest BCUT2D eigenvalue weighted by atomic mass is 9.99. The molecule has 0 radical (unpaired) electrons. The van der Waals surface area contributed by atoms with Crippen LogP contribution in [0.15, 0.2) is 60.7 Å². The van der Waals surface area contributed by atoms with E-state index in [9.17, 15) is 0 Å². The zero-order chi connectivity index (χ0) is 16.1. The molecule has 118 valence electrons. The van der Waals surface area contributed by atoms with Crippen molar-refractivity contribution in [1.82, 2.24) is 0 Å². The van der Waals surface area contributed by atoms with Crippen molar-refractivity contribution in [3.63, 3.8) is 0 Å². The van der Waals surface area contributed by atoms with Gasteiger partial charge in [0.25, 0.3) is 0 Å². The summed E-state index contributed by atoms with van der Waals surface area (Å²) in [5.41, 5.74) is 5.36. The number of benzene rings is 3. The van der Waals surface area contributed by atoms with Gasteiger partial charge in [0.1, 0.15) is 0 Å². The van der Waals surface area contributed by atoms with Crippen LogP contribution in [-0.2, 0) is 12.8 Å². The molecule has 0 atom stereocenters. The van der Waals surface area contributed by atoms with Gasteiger partial charge in [-0.05, 0) is 35.4 Å². The number of aryl methyl sites for hydroxylation is 2. The highest BCUT2D eigenvalue weighted by Crippen LogP contribution is 2.31. The molecule has 0 aliphatic carbocycles. The molecule has 0 saturated heterocycles. The van der Waals surface area contributed by atoms with Crippen molar-refractivity contribution in [3.05, 3.63) is 71.8 Å². The van der Waals surface area contributed by atoms with Gasteiger partial charge in [0, 0.05) is 16.8 Å². The number of rotatable bonds is 6. The van der Waals surface area contributed by atoms with Crippen molar-refractivity contribution in [2.45, 2.75) is 39.5 Å². The zero-order valence-corrected chi connectivity index (χ0v) is 14.1. The Hall–Kier alpha value is -2.28. The van der Waals surface area contributed by atoms with Gasteiger partial charge in [-0.15, -0.1) is 0 Å². The first-order valence-electron chi connectivity index (χ1n) is 8.69. The lowest BCUT2D eigenvalue weighted by Gasteiger charge is -2.18. The second-order valence-corrected chi connectivity index (χ2v) is 6.10. The number of anilines is 2. The van der Waals surface area contributed by atoms with Gasteiger partial charge in [-0.25, -0.2) is 0 Å². The normalized spacial score (nSPS) is 10.9. The minimum Gasteiger partial charge on any atom is -0.355 e. The summed E-state index contributed by atoms with van der Waals surface area (Å²) in [6, 6.07) is 21.8. The first-order valence-corrected chi connectivity index (χ1v) is 8.69. The third-order valence-electron chi connectivity index (χ3n) is 4.33. The highest BCUT2D eigenvalue weighted by molar-refractivity contribution is 5.95. The van der Waals surface area contributed by atoms with E-state index in [1.165, 1.54) is 46.1 Å². The molecular formula is C22H25N. The van der Waals surface area contributed by atoms with E-state index in [-0.39, 0.29) is 0 Å². The second kappa shape index (κ2) is 7.32. The van der Waals surface area contributed by atoms with Crippen LogP contribution in [0.25, 0.3) is 10.8 Å². The Morgan fingerprint density at radius 1 is 0.696 bits per heavy atom. The molecule has 0 fully saturated rings. The summed E-state index contributed by atoms with van der Waals surface area (Å²) >= 11 is 0. The smallest absolute Gasteiger partial charge is 0.0464 e. The largest absolute Gasteiger partial charge is 0.355 e. The first-order chi connectivity index (χ1) is 11.3. The van der Waals surface area contributed by atoms with Crippen molar-refractivity contribution in [2.75, 3.05) is 5.32 Å². The van der Waals surface area contributed by atoms with E-state index >= 15 is 0 Å². The fraction of sp³-hybridized carbons (Fsp3) is 0.273. The van der Waals surface area contributed by atoms with Gasteiger partial charge in [0.15, 0.2) is 0 Å². The molecule has 3 rings (SSSR count). The summed E-state index contributed by atoms with van der Waals surface area (Å²) in [5.74, 6) is 0. The molecule has 0 aromatic heterocycles. The maximum atomic E-state index is 3.75. The van der Waals surface area contributed by atoms with Gasteiger partial charge in [-0.3, -0.25) is 0 Å². The summed E-state index contributed by atoms with van der Waals surface area (Å²) in [5, 5.41) is 6.32. The molecule has 3 aromatic rings. The molecule has 0 heterocycles. The molecule has 0 unspecified atom stereocenters. The summed E-state index contributed by atoms with van der Waals surface area (Å²) in [7, 11) is 0. The van der Waals surface area contributed by atoms with Crippen LogP contribution in [-0.4, -0.2) is 0 Å². The van der Waals surface area contributed by atoms with Gasteiger partial charge < -0.3 is 5.32 Å².